The molecule has 0 unspecified atom stereocenters. The first-order valence-corrected chi connectivity index (χ1v) is 8.55. The molecule has 2 rings (SSSR count). The maximum Gasteiger partial charge on any atom is 0.410 e. The number of rotatable bonds is 3. The zero-order chi connectivity index (χ0) is 20.4. The molecule has 0 radical (unpaired) electrons. The highest BCUT2D eigenvalue weighted by Crippen LogP contribution is 2.32. The largest absolute Gasteiger partial charge is 0.478 e. The number of aromatic carboxylic acids is 1. The summed E-state index contributed by atoms with van der Waals surface area (Å²) in [6.45, 7) is 6.77. The van der Waals surface area contributed by atoms with Gasteiger partial charge in [-0.3, -0.25) is 4.99 Å². The molecule has 0 saturated carbocycles. The van der Waals surface area contributed by atoms with E-state index in [4.69, 9.17) is 10.5 Å². The van der Waals surface area contributed by atoms with Gasteiger partial charge >= 0.3 is 12.1 Å². The number of piperazine rings is 1. The minimum absolute atomic E-state index is 0.0425. The zero-order valence-corrected chi connectivity index (χ0v) is 16.0. The Kier molecular flexibility index (Phi) is 5.92. The van der Waals surface area contributed by atoms with E-state index < -0.39 is 23.5 Å². The third-order valence-corrected chi connectivity index (χ3v) is 4.07. The number of carboxylic acid groups (broad SMARTS) is 1. The Bertz CT molecular complexity index is 766. The Morgan fingerprint density at radius 3 is 2.37 bits per heavy atom. The van der Waals surface area contributed by atoms with Crippen molar-refractivity contribution in [2.75, 3.05) is 43.9 Å². The number of hydrogen-bond acceptors (Lipinski definition) is 6. The summed E-state index contributed by atoms with van der Waals surface area (Å²) in [5.41, 5.74) is 5.41. The lowest BCUT2D eigenvalue weighted by molar-refractivity contribution is 0.0240. The van der Waals surface area contributed by atoms with Gasteiger partial charge in [0.2, 0.25) is 0 Å². The van der Waals surface area contributed by atoms with Crippen molar-refractivity contribution >= 4 is 29.7 Å². The van der Waals surface area contributed by atoms with Gasteiger partial charge in [-0.2, -0.15) is 0 Å². The second-order valence-corrected chi connectivity index (χ2v) is 7.23. The van der Waals surface area contributed by atoms with E-state index in [2.05, 4.69) is 4.99 Å². The van der Waals surface area contributed by atoms with Crippen molar-refractivity contribution in [3.63, 3.8) is 0 Å². The van der Waals surface area contributed by atoms with Crippen molar-refractivity contribution in [3.8, 4) is 0 Å². The number of amides is 1. The number of nitrogen functional groups attached to an aromatic ring is 1. The summed E-state index contributed by atoms with van der Waals surface area (Å²) in [6.07, 6.45) is 0.930. The summed E-state index contributed by atoms with van der Waals surface area (Å²) in [4.78, 5) is 30.6. The van der Waals surface area contributed by atoms with Gasteiger partial charge in [0, 0.05) is 45.0 Å². The monoisotopic (exact) mass is 380 g/mol. The fourth-order valence-corrected chi connectivity index (χ4v) is 2.87. The quantitative estimate of drug-likeness (QED) is 0.615. The van der Waals surface area contributed by atoms with Gasteiger partial charge in [-0.05, 0) is 26.8 Å². The number of anilines is 2. The number of carbonyl (C=O) groups is 2. The molecule has 8 nitrogen and oxygen atoms in total. The van der Waals surface area contributed by atoms with Crippen molar-refractivity contribution in [3.05, 3.63) is 23.0 Å². The topological polar surface area (TPSA) is 108 Å². The molecule has 27 heavy (non-hydrogen) atoms. The van der Waals surface area contributed by atoms with E-state index in [0.29, 0.717) is 26.2 Å². The van der Waals surface area contributed by atoms with E-state index in [0.717, 1.165) is 6.07 Å². The second kappa shape index (κ2) is 7.81. The molecule has 1 fully saturated rings. The molecule has 1 amide bonds. The lowest BCUT2D eigenvalue weighted by Gasteiger charge is -2.37. The van der Waals surface area contributed by atoms with Crippen molar-refractivity contribution in [1.29, 1.82) is 0 Å². The van der Waals surface area contributed by atoms with Gasteiger partial charge in [0.05, 0.1) is 16.9 Å². The average Bonchev–Trinajstić information content (AvgIpc) is 2.56. The highest BCUT2D eigenvalue weighted by molar-refractivity contribution is 6.03. The van der Waals surface area contributed by atoms with E-state index in [1.807, 2.05) is 0 Å². The molecule has 1 heterocycles. The summed E-state index contributed by atoms with van der Waals surface area (Å²) < 4.78 is 20.1. The number of benzene rings is 1. The van der Waals surface area contributed by atoms with Crippen LogP contribution in [0.1, 0.15) is 36.7 Å². The first kappa shape index (κ1) is 20.5. The number of hydrogen-bond donors (Lipinski definition) is 2. The van der Waals surface area contributed by atoms with E-state index >= 15 is 0 Å². The summed E-state index contributed by atoms with van der Waals surface area (Å²) in [5.74, 6) is -2.00. The Hall–Kier alpha value is -2.84. The second-order valence-electron chi connectivity index (χ2n) is 7.23. The molecule has 0 atom stereocenters. The van der Waals surface area contributed by atoms with Crippen LogP contribution in [0.15, 0.2) is 11.1 Å². The van der Waals surface area contributed by atoms with Crippen molar-refractivity contribution < 1.29 is 23.8 Å². The van der Waals surface area contributed by atoms with Gasteiger partial charge in [-0.25, -0.2) is 14.0 Å². The molecule has 1 aromatic rings. The van der Waals surface area contributed by atoms with Crippen LogP contribution in [0.4, 0.5) is 20.6 Å². The van der Waals surface area contributed by atoms with Crippen LogP contribution in [-0.4, -0.2) is 67.1 Å². The minimum Gasteiger partial charge on any atom is -0.478 e. The van der Waals surface area contributed by atoms with Gasteiger partial charge in [-0.1, -0.05) is 0 Å². The lowest BCUT2D eigenvalue weighted by Crippen LogP contribution is -2.50. The summed E-state index contributed by atoms with van der Waals surface area (Å²) in [5, 5.41) is 9.21. The zero-order valence-electron chi connectivity index (χ0n) is 16.0. The minimum atomic E-state index is -1.31. The SMILES string of the molecule is CN=Cc1c(N)c(C(=O)O)cc(F)c1N1CCN(C(=O)OC(C)(C)C)CC1. The van der Waals surface area contributed by atoms with Gasteiger partial charge in [0.1, 0.15) is 11.4 Å². The first-order chi connectivity index (χ1) is 12.5. The Labute approximate surface area is 157 Å². The number of carboxylic acids is 1. The lowest BCUT2D eigenvalue weighted by atomic mass is 10.0. The van der Waals surface area contributed by atoms with Crippen molar-refractivity contribution in [2.45, 2.75) is 26.4 Å². The molecule has 1 aliphatic rings. The molecule has 1 saturated heterocycles. The number of aliphatic imine (C=N–C) groups is 1. The van der Waals surface area contributed by atoms with Gasteiger partial charge in [0.25, 0.3) is 0 Å². The van der Waals surface area contributed by atoms with Gasteiger partial charge in [-0.15, -0.1) is 0 Å². The molecule has 148 valence electrons. The van der Waals surface area contributed by atoms with E-state index in [1.54, 1.807) is 30.6 Å². The normalized spacial score (nSPS) is 15.3. The molecular weight excluding hydrogens is 355 g/mol. The van der Waals surface area contributed by atoms with E-state index in [-0.39, 0.29) is 22.5 Å². The van der Waals surface area contributed by atoms with E-state index in [1.165, 1.54) is 13.3 Å². The summed E-state index contributed by atoms with van der Waals surface area (Å²) in [7, 11) is 1.50. The summed E-state index contributed by atoms with van der Waals surface area (Å²) >= 11 is 0. The molecule has 1 aliphatic heterocycles. The van der Waals surface area contributed by atoms with Crippen LogP contribution in [-0.2, 0) is 4.74 Å². The van der Waals surface area contributed by atoms with Crippen LogP contribution in [0.2, 0.25) is 0 Å². The molecule has 0 aliphatic carbocycles. The standard InChI is InChI=1S/C18H25FN4O4/c1-18(2,3)27-17(26)23-7-5-22(6-8-23)15-12(10-21-4)14(20)11(16(24)25)9-13(15)19/h9-10H,5-8,20H2,1-4H3,(H,24,25). The molecule has 3 N–H and O–H groups in total. The molecular formula is C18H25FN4O4. The van der Waals surface area contributed by atoms with Crippen LogP contribution < -0.4 is 10.6 Å². The number of carbonyl (C=O) groups excluding carboxylic acids is 1. The molecule has 1 aromatic carbocycles. The fourth-order valence-electron chi connectivity index (χ4n) is 2.87. The third-order valence-electron chi connectivity index (χ3n) is 4.07. The third kappa shape index (κ3) is 4.66. The molecule has 0 spiro atoms. The highest BCUT2D eigenvalue weighted by atomic mass is 19.1. The highest BCUT2D eigenvalue weighted by Gasteiger charge is 2.29. The van der Waals surface area contributed by atoms with Crippen LogP contribution >= 0.6 is 0 Å². The maximum atomic E-state index is 14.7. The Balaban J connectivity index is 2.26. The molecule has 0 aromatic heterocycles. The number of halogens is 1. The van der Waals surface area contributed by atoms with Crippen molar-refractivity contribution in [1.82, 2.24) is 4.90 Å². The predicted octanol–water partition coefficient (Wildman–Crippen LogP) is 2.21. The molecule has 9 heteroatoms. The molecule has 0 bridgehead atoms. The van der Waals surface area contributed by atoms with Gasteiger partial charge < -0.3 is 25.4 Å². The average molecular weight is 380 g/mol. The van der Waals surface area contributed by atoms with Crippen LogP contribution in [0.25, 0.3) is 0 Å². The van der Waals surface area contributed by atoms with Crippen LogP contribution in [0.5, 0.6) is 0 Å². The van der Waals surface area contributed by atoms with Crippen LogP contribution in [0, 0.1) is 5.82 Å². The maximum absolute atomic E-state index is 14.7. The van der Waals surface area contributed by atoms with Gasteiger partial charge in [0.15, 0.2) is 0 Å². The number of ether oxygens (including phenoxy) is 1. The van der Waals surface area contributed by atoms with Crippen LogP contribution in [0.3, 0.4) is 0 Å². The smallest absolute Gasteiger partial charge is 0.410 e. The number of nitrogens with zero attached hydrogens (tertiary/aromatic N) is 3. The van der Waals surface area contributed by atoms with E-state index in [9.17, 15) is 19.1 Å². The summed E-state index contributed by atoms with van der Waals surface area (Å²) in [6, 6.07) is 0.917. The first-order valence-electron chi connectivity index (χ1n) is 8.55. The fraction of sp³-hybridized carbons (Fsp3) is 0.500. The van der Waals surface area contributed by atoms with Crippen molar-refractivity contribution in [2.24, 2.45) is 4.99 Å². The Morgan fingerprint density at radius 2 is 1.89 bits per heavy atom. The predicted molar refractivity (Wildman–Crippen MR) is 101 cm³/mol. The Morgan fingerprint density at radius 1 is 1.30 bits per heavy atom. The number of nitrogens with two attached hydrogens (primary N) is 1.